The Morgan fingerprint density at radius 2 is 1.81 bits per heavy atom. The summed E-state index contributed by atoms with van der Waals surface area (Å²) < 4.78 is 0. The average Bonchev–Trinajstić information content (AvgIpc) is 3.33. The van der Waals surface area contributed by atoms with Crippen LogP contribution in [0.2, 0.25) is 0 Å². The smallest absolute Gasteiger partial charge is 0.266 e. The van der Waals surface area contributed by atoms with Crippen LogP contribution in [0.25, 0.3) is 10.9 Å². The van der Waals surface area contributed by atoms with Crippen molar-refractivity contribution in [2.24, 2.45) is 4.99 Å². The summed E-state index contributed by atoms with van der Waals surface area (Å²) >= 11 is 3.16. The number of fused-ring (bicyclic) bond motifs is 2. The zero-order valence-corrected chi connectivity index (χ0v) is 19.5. The van der Waals surface area contributed by atoms with Gasteiger partial charge in [0.05, 0.1) is 26.8 Å². The second kappa shape index (κ2) is 8.84. The van der Waals surface area contributed by atoms with E-state index in [2.05, 4.69) is 41.1 Å². The number of carbonyl (C=O) groups is 1. The van der Waals surface area contributed by atoms with Crippen molar-refractivity contribution >= 4 is 56.9 Å². The van der Waals surface area contributed by atoms with E-state index in [9.17, 15) is 4.79 Å². The van der Waals surface area contributed by atoms with Crippen molar-refractivity contribution in [3.05, 3.63) is 82.9 Å². The van der Waals surface area contributed by atoms with E-state index in [1.165, 1.54) is 22.3 Å². The first-order valence-corrected chi connectivity index (χ1v) is 12.2. The topological polar surface area (TPSA) is 48.8 Å². The number of hydrogen-bond acceptors (Lipinski definition) is 6. The van der Waals surface area contributed by atoms with Gasteiger partial charge in [-0.1, -0.05) is 30.0 Å². The highest BCUT2D eigenvalue weighted by Crippen LogP contribution is 2.45. The molecule has 3 aromatic rings. The van der Waals surface area contributed by atoms with Gasteiger partial charge in [-0.2, -0.15) is 0 Å². The van der Waals surface area contributed by atoms with Gasteiger partial charge in [-0.3, -0.25) is 14.7 Å². The van der Waals surface area contributed by atoms with Gasteiger partial charge in [0, 0.05) is 29.6 Å². The highest BCUT2D eigenvalue weighted by molar-refractivity contribution is 8.18. The fourth-order valence-corrected chi connectivity index (χ4v) is 5.91. The van der Waals surface area contributed by atoms with Crippen molar-refractivity contribution < 1.29 is 4.79 Å². The maximum absolute atomic E-state index is 13.0. The number of nitrogens with zero attached hydrogens (tertiary/aromatic N) is 4. The lowest BCUT2D eigenvalue weighted by atomic mass is 10.2. The number of thioether (sulfide) groups is 2. The van der Waals surface area contributed by atoms with Gasteiger partial charge in [0.1, 0.15) is 0 Å². The van der Waals surface area contributed by atoms with Crippen molar-refractivity contribution in [3.8, 4) is 0 Å². The Balaban J connectivity index is 1.43. The summed E-state index contributed by atoms with van der Waals surface area (Å²) in [5.74, 6) is -0.000819. The molecule has 0 radical (unpaired) electrons. The Labute approximate surface area is 195 Å². The number of likely N-dealkylation sites (N-methyl/N-ethyl adjacent to an activating group) is 1. The van der Waals surface area contributed by atoms with Crippen LogP contribution in [0.4, 0.5) is 11.4 Å². The lowest BCUT2D eigenvalue weighted by Crippen LogP contribution is -2.28. The molecule has 0 spiro atoms. The van der Waals surface area contributed by atoms with E-state index in [1.54, 1.807) is 22.9 Å². The number of rotatable bonds is 4. The van der Waals surface area contributed by atoms with E-state index >= 15 is 0 Å². The first-order valence-electron chi connectivity index (χ1n) is 10.6. The molecule has 2 aromatic carbocycles. The summed E-state index contributed by atoms with van der Waals surface area (Å²) in [4.78, 5) is 28.1. The SMILES string of the molecule is CCN1C(=O)C(=CC=C2Sc3ccccc3N2CC)SC1=Nc1ccc2ncccc2c1. The number of hydrogen-bond donors (Lipinski definition) is 0. The largest absolute Gasteiger partial charge is 0.335 e. The third kappa shape index (κ3) is 3.82. The number of aromatic nitrogens is 1. The van der Waals surface area contributed by atoms with Crippen molar-refractivity contribution in [3.63, 3.8) is 0 Å². The van der Waals surface area contributed by atoms with Crippen LogP contribution in [0.5, 0.6) is 0 Å². The molecular weight excluding hydrogens is 436 g/mol. The molecular formula is C25H22N4OS2. The predicted molar refractivity (Wildman–Crippen MR) is 135 cm³/mol. The second-order valence-electron chi connectivity index (χ2n) is 7.28. The van der Waals surface area contributed by atoms with E-state index < -0.39 is 0 Å². The maximum Gasteiger partial charge on any atom is 0.266 e. The van der Waals surface area contributed by atoms with E-state index in [4.69, 9.17) is 4.99 Å². The molecule has 1 saturated heterocycles. The van der Waals surface area contributed by atoms with E-state index in [0.29, 0.717) is 16.6 Å². The summed E-state index contributed by atoms with van der Waals surface area (Å²) in [5.41, 5.74) is 2.97. The van der Waals surface area contributed by atoms with Gasteiger partial charge in [0.15, 0.2) is 5.17 Å². The number of benzene rings is 2. The molecule has 0 bridgehead atoms. The molecule has 1 aromatic heterocycles. The zero-order valence-electron chi connectivity index (χ0n) is 17.9. The Hall–Kier alpha value is -3.03. The van der Waals surface area contributed by atoms with Gasteiger partial charge in [-0.25, -0.2) is 4.99 Å². The van der Waals surface area contributed by atoms with Gasteiger partial charge in [0.25, 0.3) is 5.91 Å². The number of amidine groups is 1. The second-order valence-corrected chi connectivity index (χ2v) is 9.35. The number of allylic oxidation sites excluding steroid dienone is 2. The van der Waals surface area contributed by atoms with Crippen LogP contribution in [0, 0.1) is 0 Å². The summed E-state index contributed by atoms with van der Waals surface area (Å²) in [7, 11) is 0. The molecule has 5 rings (SSSR count). The third-order valence-corrected chi connectivity index (χ3v) is 7.50. The molecule has 160 valence electrons. The third-order valence-electron chi connectivity index (χ3n) is 5.35. The average molecular weight is 459 g/mol. The molecule has 2 aliphatic rings. The molecule has 0 saturated carbocycles. The van der Waals surface area contributed by atoms with E-state index in [-0.39, 0.29) is 5.91 Å². The quantitative estimate of drug-likeness (QED) is 0.437. The fraction of sp³-hybridized carbons (Fsp3) is 0.160. The van der Waals surface area contributed by atoms with Crippen LogP contribution in [0.15, 0.2) is 92.8 Å². The Morgan fingerprint density at radius 3 is 2.66 bits per heavy atom. The molecule has 2 aliphatic heterocycles. The number of carbonyl (C=O) groups excluding carboxylic acids is 1. The van der Waals surface area contributed by atoms with Crippen molar-refractivity contribution in [2.45, 2.75) is 18.7 Å². The lowest BCUT2D eigenvalue weighted by Gasteiger charge is -2.17. The minimum atomic E-state index is -0.000819. The predicted octanol–water partition coefficient (Wildman–Crippen LogP) is 6.18. The Morgan fingerprint density at radius 1 is 0.969 bits per heavy atom. The van der Waals surface area contributed by atoms with Crippen LogP contribution in [-0.2, 0) is 4.79 Å². The van der Waals surface area contributed by atoms with Crippen LogP contribution >= 0.6 is 23.5 Å². The monoisotopic (exact) mass is 458 g/mol. The molecule has 0 unspecified atom stereocenters. The zero-order chi connectivity index (χ0) is 22.1. The van der Waals surface area contributed by atoms with Crippen LogP contribution in [0.3, 0.4) is 0 Å². The number of para-hydroxylation sites is 1. The first-order chi connectivity index (χ1) is 15.7. The number of amides is 1. The first kappa shape index (κ1) is 20.8. The molecule has 3 heterocycles. The molecule has 32 heavy (non-hydrogen) atoms. The molecule has 1 amide bonds. The highest BCUT2D eigenvalue weighted by Gasteiger charge is 2.32. The van der Waals surface area contributed by atoms with Gasteiger partial charge in [-0.15, -0.1) is 0 Å². The van der Waals surface area contributed by atoms with E-state index in [0.717, 1.165) is 28.2 Å². The van der Waals surface area contributed by atoms with Crippen molar-refractivity contribution in [2.75, 3.05) is 18.0 Å². The van der Waals surface area contributed by atoms with Gasteiger partial charge >= 0.3 is 0 Å². The number of aliphatic imine (C=N–C) groups is 1. The van der Waals surface area contributed by atoms with Crippen LogP contribution < -0.4 is 4.90 Å². The maximum atomic E-state index is 13.0. The highest BCUT2D eigenvalue weighted by atomic mass is 32.2. The van der Waals surface area contributed by atoms with E-state index in [1.807, 2.05) is 49.4 Å². The van der Waals surface area contributed by atoms with Gasteiger partial charge in [0.2, 0.25) is 0 Å². The minimum absolute atomic E-state index is 0.000819. The summed E-state index contributed by atoms with van der Waals surface area (Å²) in [6, 6.07) is 18.2. The molecule has 1 fully saturated rings. The molecule has 0 atom stereocenters. The summed E-state index contributed by atoms with van der Waals surface area (Å²) in [6.45, 7) is 5.57. The van der Waals surface area contributed by atoms with Crippen molar-refractivity contribution in [1.29, 1.82) is 0 Å². The summed E-state index contributed by atoms with van der Waals surface area (Å²) in [5, 5.41) is 2.87. The molecule has 0 N–H and O–H groups in total. The Kier molecular flexibility index (Phi) is 5.76. The number of pyridine rings is 1. The standard InChI is InChI=1S/C25H22N4OS2/c1-3-28-20-9-5-6-10-21(20)31-23(28)14-13-22-24(30)29(4-2)25(32-22)27-18-11-12-19-17(16-18)8-7-15-26-19/h5-16H,3-4H2,1-2H3. The molecule has 7 heteroatoms. The summed E-state index contributed by atoms with van der Waals surface area (Å²) in [6.07, 6.45) is 5.76. The minimum Gasteiger partial charge on any atom is -0.335 e. The molecule has 5 nitrogen and oxygen atoms in total. The van der Waals surface area contributed by atoms with Crippen molar-refractivity contribution in [1.82, 2.24) is 9.88 Å². The number of anilines is 1. The Bertz CT molecular complexity index is 1300. The van der Waals surface area contributed by atoms with Gasteiger partial charge < -0.3 is 4.90 Å². The lowest BCUT2D eigenvalue weighted by molar-refractivity contribution is -0.122. The fourth-order valence-electron chi connectivity index (χ4n) is 3.78. The van der Waals surface area contributed by atoms with Gasteiger partial charge in [-0.05, 0) is 74.2 Å². The van der Waals surface area contributed by atoms with Crippen LogP contribution in [-0.4, -0.2) is 34.0 Å². The normalized spacial score (nSPS) is 19.7. The van der Waals surface area contributed by atoms with Crippen LogP contribution in [0.1, 0.15) is 13.8 Å². The molecule has 0 aliphatic carbocycles.